The first-order valence-corrected chi connectivity index (χ1v) is 50.5. The number of methoxy groups -OCH3 is 2. The van der Waals surface area contributed by atoms with Gasteiger partial charge >= 0.3 is 12.1 Å². The van der Waals surface area contributed by atoms with Crippen molar-refractivity contribution >= 4 is 174 Å². The quantitative estimate of drug-likeness (QED) is 0.0144. The number of likely N-dealkylation sites (N-methyl/N-ethyl adjacent to an activating group) is 1. The Morgan fingerprint density at radius 1 is 0.846 bits per heavy atom. The summed E-state index contributed by atoms with van der Waals surface area (Å²) in [5.41, 5.74) is 13.6. The Morgan fingerprint density at radius 3 is 2.18 bits per heavy atom. The maximum absolute atomic E-state index is 15.4. The van der Waals surface area contributed by atoms with Crippen LogP contribution in [0.2, 0.25) is 5.02 Å². The zero-order valence-electron chi connectivity index (χ0n) is 74.4. The molecule has 4 aromatic carbocycles. The molecule has 706 valence electrons. The number of aliphatic hydroxyl groups is 2. The van der Waals surface area contributed by atoms with E-state index in [9.17, 15) is 57.0 Å². The predicted molar refractivity (Wildman–Crippen MR) is 504 cm³/mol. The highest BCUT2D eigenvalue weighted by atomic mass is 35.5. The lowest BCUT2D eigenvalue weighted by molar-refractivity contribution is -0.163. The molecule has 6 aromatic rings. The second-order valence-electron chi connectivity index (χ2n) is 34.1. The van der Waals surface area contributed by atoms with E-state index in [0.29, 0.717) is 58.3 Å². The van der Waals surface area contributed by atoms with E-state index in [4.69, 9.17) is 42.0 Å². The van der Waals surface area contributed by atoms with Crippen molar-refractivity contribution in [1.29, 1.82) is 0 Å². The Balaban J connectivity index is 0.886. The zero-order valence-corrected chi connectivity index (χ0v) is 80.1. The number of H-pyrrole nitrogens is 1. The fourth-order valence-corrected chi connectivity index (χ4v) is 23.1. The maximum atomic E-state index is 15.4. The Hall–Kier alpha value is -9.46. The van der Waals surface area contributed by atoms with Crippen molar-refractivity contribution in [3.05, 3.63) is 154 Å². The van der Waals surface area contributed by atoms with E-state index in [0.717, 1.165) is 70.7 Å². The average Bonchev–Trinajstić information content (AvgIpc) is 1.57. The monoisotopic (exact) mass is 1930 g/mol. The van der Waals surface area contributed by atoms with Crippen LogP contribution in [0.3, 0.4) is 0 Å². The second kappa shape index (κ2) is 45.8. The van der Waals surface area contributed by atoms with Crippen molar-refractivity contribution in [3.63, 3.8) is 0 Å². The van der Waals surface area contributed by atoms with Gasteiger partial charge in [-0.1, -0.05) is 159 Å². The smallest absolute Gasteiger partial charge is 0.409 e. The number of benzene rings is 4. The molecular formula is C89H117ClN14O20S6. The van der Waals surface area contributed by atoms with Crippen LogP contribution in [0, 0.1) is 17.3 Å². The number of ether oxygens (including phenoxy) is 4. The number of amides is 11. The molecule has 2 aromatic heterocycles. The third-order valence-corrected chi connectivity index (χ3v) is 31.8. The van der Waals surface area contributed by atoms with Gasteiger partial charge in [0, 0.05) is 96.1 Å². The lowest BCUT2D eigenvalue weighted by atomic mass is 9.83. The molecule has 130 heavy (non-hydrogen) atoms. The molecule has 11 amide bonds. The van der Waals surface area contributed by atoms with Crippen LogP contribution in [0.5, 0.6) is 5.75 Å². The van der Waals surface area contributed by atoms with Gasteiger partial charge < -0.3 is 92.6 Å². The van der Waals surface area contributed by atoms with Crippen LogP contribution in [0.4, 0.5) is 10.5 Å². The predicted octanol–water partition coefficient (Wildman–Crippen LogP) is 6.06. The van der Waals surface area contributed by atoms with E-state index in [1.807, 2.05) is 62.6 Å². The summed E-state index contributed by atoms with van der Waals surface area (Å²) in [5.74, 6) is -11.0. The third kappa shape index (κ3) is 26.9. The average molecular weight is 1930 g/mol. The minimum Gasteiger partial charge on any atom is -0.495 e. The zero-order chi connectivity index (χ0) is 94.9. The van der Waals surface area contributed by atoms with Gasteiger partial charge in [-0.2, -0.15) is 0 Å². The standard InChI is InChI=1S/C89H117ClN14O20S6/c1-48-23-22-31-70(122-11)89(118)43-68(123-86(117)101-89)49(2)58-42-88(58,7)71(41-73(107)104(9)66-37-53(35-48)38-67(121-10)74(66)90)124-85(116)50(3)103(8)72(106)32-34-126-129-87(5,6)76(77(92)108)100-83(114)65-47-128-127-46-64(97-81(112)63(102-130(12,119)120)36-52-24-14-13-15-25-52)82(113)96-62(40-55-45-125-69-30-19-17-27-57(55)69)80(111)95-61(39-54-44-93-59-28-18-16-26-56(54)59)79(110)94-60(29-20-21-33-91)78(109)99-75(51(4)105)84(115)98-65/h13-19,22-28,30-31,37-38,44-45,49-51,58,60-65,68,70-71,75-76,93,102,105,118H,20-21,29,32-36,39-43,46-47,91H2,1-12H3,(H2,92,108)(H,94,110)(H,95,111)(H,96,113)(H,97,112)(H,98,115)(H,99,109)(H,100,114)(H,101,117)/b31-22+,48-23+/t49-,50-,51+,58?,60-,61+,62-,63+,64-,65-,68-,70+,71-,75-,76+,88+,89-/m0/s1. The molecule has 3 aliphatic heterocycles. The molecule has 1 saturated carbocycles. The molecular weight excluding hydrogens is 1810 g/mol. The number of nitrogens with zero attached hydrogens (tertiary/aromatic N) is 2. The summed E-state index contributed by atoms with van der Waals surface area (Å²) in [6.07, 6.45) is 2.20. The molecule has 10 rings (SSSR count). The van der Waals surface area contributed by atoms with Crippen LogP contribution in [0.25, 0.3) is 21.0 Å². The van der Waals surface area contributed by atoms with E-state index in [2.05, 4.69) is 52.2 Å². The van der Waals surface area contributed by atoms with Crippen molar-refractivity contribution < 1.29 is 95.1 Å². The van der Waals surface area contributed by atoms with Crippen molar-refractivity contribution in [2.75, 3.05) is 63.3 Å². The highest BCUT2D eigenvalue weighted by Crippen LogP contribution is 2.62. The summed E-state index contributed by atoms with van der Waals surface area (Å²) in [5, 5.41) is 48.6. The SMILES string of the molecule is COc1cc2cc(c1Cl)N(C)C(=O)C[C@H](OC(=O)[C@H](C)N(C)C(=O)CCSSC(C)(C)[C@H](NC(=O)[C@@H]1CSSC[C@H](NC(=O)[C@@H](Cc3ccccc3)NS(C)(=O)=O)C(=O)N[C@@H](Cc3csc4ccccc34)C(=O)N[C@H](Cc3c[nH]c4ccccc34)C(=O)N[C@@H](CCCCN)C(=O)N[C@@H]([C@@H](C)O)C(=O)N1)C(N)=O)[C@]1(C)CC1[C@H](C)[C@@H]1C[C@@](O)(NC(=O)O1)[C@H](OC)/C=C/C=C(\C)C2. The molecule has 41 heteroatoms. The van der Waals surface area contributed by atoms with E-state index in [-0.39, 0.29) is 74.6 Å². The minimum atomic E-state index is -4.12. The second-order valence-corrected chi connectivity index (χ2v) is 42.8. The number of hydrogen-bond donors (Lipinski definition) is 14. The van der Waals surface area contributed by atoms with Crippen LogP contribution in [0.15, 0.2) is 126 Å². The number of allylic oxidation sites excluding steroid dienone is 3. The van der Waals surface area contributed by atoms with Crippen LogP contribution in [-0.2, 0) is 103 Å². The summed E-state index contributed by atoms with van der Waals surface area (Å²) in [7, 11) is 5.65. The molecule has 1 aliphatic carbocycles. The van der Waals surface area contributed by atoms with Crippen molar-refractivity contribution in [3.8, 4) is 5.75 Å². The number of aliphatic hydroxyl groups excluding tert-OH is 1. The van der Waals surface area contributed by atoms with Crippen molar-refractivity contribution in [2.45, 2.75) is 208 Å². The number of unbranched alkanes of at least 4 members (excludes halogenated alkanes) is 1. The van der Waals surface area contributed by atoms with E-state index >= 15 is 19.2 Å². The number of fused-ring (bicyclic) bond motifs is 7. The van der Waals surface area contributed by atoms with Gasteiger partial charge in [0.25, 0.3) is 0 Å². The molecule has 2 saturated heterocycles. The third-order valence-electron chi connectivity index (χ3n) is 23.9. The number of sulfonamides is 1. The number of aromatic nitrogens is 1. The van der Waals surface area contributed by atoms with Crippen LogP contribution >= 0.6 is 66.1 Å². The Labute approximate surface area is 780 Å². The molecule has 0 spiro atoms. The number of halogens is 1. The topological polar surface area (TPSA) is 499 Å². The summed E-state index contributed by atoms with van der Waals surface area (Å²) in [6.45, 7) is 11.6. The number of carbonyl (C=O) groups is 12. The number of primary amides is 1. The molecule has 4 bridgehead atoms. The number of aromatic amines is 1. The first kappa shape index (κ1) is 103. The fraction of sp³-hybridized carbons (Fsp3) is 0.506. The summed E-state index contributed by atoms with van der Waals surface area (Å²) < 4.78 is 51.6. The number of rotatable bonds is 29. The summed E-state index contributed by atoms with van der Waals surface area (Å²) in [6, 6.07) is 12.5. The van der Waals surface area contributed by atoms with E-state index < -0.39 is 193 Å². The molecule has 16 N–H and O–H groups in total. The first-order valence-electron chi connectivity index (χ1n) is 42.6. The Morgan fingerprint density at radius 2 is 1.50 bits per heavy atom. The van der Waals surface area contributed by atoms with Crippen LogP contribution < -0.4 is 68.4 Å². The highest BCUT2D eigenvalue weighted by molar-refractivity contribution is 8.77. The number of alkyl carbamates (subject to hydrolysis) is 1. The number of thiophene rings is 1. The molecule has 0 radical (unpaired) electrons. The van der Waals surface area contributed by atoms with Gasteiger partial charge in [-0.15, -0.1) is 11.3 Å². The Bertz CT molecular complexity index is 5300. The molecule has 4 aliphatic rings. The van der Waals surface area contributed by atoms with Gasteiger partial charge in [0.05, 0.1) is 31.6 Å². The number of hydrogen-bond acceptors (Lipinski definition) is 26. The highest BCUT2D eigenvalue weighted by Gasteiger charge is 2.62. The van der Waals surface area contributed by atoms with Crippen LogP contribution in [-0.4, -0.2) is 247 Å². The Kier molecular flexibility index (Phi) is 36.2. The molecule has 5 heterocycles. The van der Waals surface area contributed by atoms with Crippen molar-refractivity contribution in [1.82, 2.24) is 57.1 Å². The molecule has 1 unspecified atom stereocenters. The lowest BCUT2D eigenvalue weighted by Gasteiger charge is -2.42. The van der Waals surface area contributed by atoms with Gasteiger partial charge in [0.2, 0.25) is 69.1 Å². The molecule has 34 nitrogen and oxygen atoms in total. The van der Waals surface area contributed by atoms with Gasteiger partial charge in [0.1, 0.15) is 83.5 Å². The van der Waals surface area contributed by atoms with Gasteiger partial charge in [-0.3, -0.25) is 53.3 Å². The largest absolute Gasteiger partial charge is 0.495 e. The van der Waals surface area contributed by atoms with Gasteiger partial charge in [-0.25, -0.2) is 22.7 Å². The molecule has 17 atom stereocenters. The van der Waals surface area contributed by atoms with Crippen LogP contribution in [0.1, 0.15) is 116 Å². The first-order chi connectivity index (χ1) is 61.5. The number of nitrogens with two attached hydrogens (primary N) is 2. The van der Waals surface area contributed by atoms with E-state index in [1.165, 1.54) is 56.3 Å². The fourth-order valence-electron chi connectivity index (χ4n) is 16.2. The number of carbonyl (C=O) groups excluding carboxylic acids is 12. The van der Waals surface area contributed by atoms with Gasteiger partial charge in [-0.05, 0) is 149 Å². The minimum absolute atomic E-state index is 0.0465. The maximum Gasteiger partial charge on any atom is 0.409 e. The number of anilines is 1. The lowest BCUT2D eigenvalue weighted by Crippen LogP contribution is -2.63. The summed E-state index contributed by atoms with van der Waals surface area (Å²) in [4.78, 5) is 182. The summed E-state index contributed by atoms with van der Waals surface area (Å²) >= 11 is 8.32. The van der Waals surface area contributed by atoms with Gasteiger partial charge in [0.15, 0.2) is 5.72 Å². The number of para-hydroxylation sites is 1. The molecule has 3 fully saturated rings. The van der Waals surface area contributed by atoms with Crippen molar-refractivity contribution in [2.24, 2.45) is 28.7 Å². The number of esters is 1. The van der Waals surface area contributed by atoms with E-state index in [1.54, 1.807) is 99.9 Å². The normalized spacial score (nSPS) is 25.9. The number of nitrogens with one attached hydrogen (secondary N) is 10.